The molecule has 156 valence electrons. The van der Waals surface area contributed by atoms with Gasteiger partial charge in [-0.05, 0) is 39.0 Å². The third kappa shape index (κ3) is 4.24. The van der Waals surface area contributed by atoms with Gasteiger partial charge in [0.15, 0.2) is 12.6 Å². The Morgan fingerprint density at radius 3 is 2.62 bits per heavy atom. The summed E-state index contributed by atoms with van der Waals surface area (Å²) in [6, 6.07) is 1.86. The van der Waals surface area contributed by atoms with Gasteiger partial charge >= 0.3 is 11.7 Å². The van der Waals surface area contributed by atoms with Crippen molar-refractivity contribution < 1.29 is 27.6 Å². The van der Waals surface area contributed by atoms with Crippen molar-refractivity contribution in [3.63, 3.8) is 0 Å². The Hall–Kier alpha value is -2.95. The largest absolute Gasteiger partial charge is 0.460 e. The highest BCUT2D eigenvalue weighted by Gasteiger charge is 2.50. The van der Waals surface area contributed by atoms with Crippen LogP contribution in [0, 0.1) is 21.8 Å². The summed E-state index contributed by atoms with van der Waals surface area (Å²) in [4.78, 5) is 27.0. The van der Waals surface area contributed by atoms with E-state index in [0.29, 0.717) is 0 Å². The molecule has 1 saturated heterocycles. The number of benzene rings is 1. The minimum atomic E-state index is -2.08. The lowest BCUT2D eigenvalue weighted by Crippen LogP contribution is -2.41. The fourth-order valence-corrected chi connectivity index (χ4v) is 3.13. The summed E-state index contributed by atoms with van der Waals surface area (Å²) in [5, 5.41) is 15.9. The molecule has 3 rings (SSSR count). The van der Waals surface area contributed by atoms with Gasteiger partial charge in [0.25, 0.3) is 0 Å². The van der Waals surface area contributed by atoms with Gasteiger partial charge in [-0.3, -0.25) is 20.2 Å². The number of nitro groups is 1. The zero-order chi connectivity index (χ0) is 21.5. The van der Waals surface area contributed by atoms with Gasteiger partial charge in [-0.25, -0.2) is 18.2 Å². The molecule has 0 amide bonds. The lowest BCUT2D eigenvalue weighted by atomic mass is 10.0. The second-order valence-electron chi connectivity index (χ2n) is 7.64. The number of rotatable bonds is 4. The summed E-state index contributed by atoms with van der Waals surface area (Å²) in [5.74, 6) is -3.33. The molecule has 1 aromatic carbocycles. The van der Waals surface area contributed by atoms with Crippen LogP contribution in [0.15, 0.2) is 24.4 Å². The van der Waals surface area contributed by atoms with Crippen molar-refractivity contribution in [3.8, 4) is 0 Å². The molecule has 11 heteroatoms. The first kappa shape index (κ1) is 20.8. The first-order valence-corrected chi connectivity index (χ1v) is 8.74. The Bertz CT molecular complexity index is 966. The Kier molecular flexibility index (Phi) is 5.35. The number of hydrogen-bond acceptors (Lipinski definition) is 7. The average Bonchev–Trinajstić information content (AvgIpc) is 2.87. The van der Waals surface area contributed by atoms with Gasteiger partial charge in [0.05, 0.1) is 16.5 Å². The van der Waals surface area contributed by atoms with E-state index in [0.717, 1.165) is 18.3 Å². The molecule has 0 aliphatic carbocycles. The second-order valence-corrected chi connectivity index (χ2v) is 7.64. The summed E-state index contributed by atoms with van der Waals surface area (Å²) in [6.45, 7) is 4.71. The maximum absolute atomic E-state index is 14.5. The van der Waals surface area contributed by atoms with Crippen molar-refractivity contribution in [1.82, 2.24) is 10.3 Å². The van der Waals surface area contributed by atoms with Gasteiger partial charge in [-0.1, -0.05) is 0 Å². The number of carbonyl (C=O) groups excluding carboxylic acids is 1. The number of nitrogens with zero attached hydrogens (tertiary/aromatic N) is 2. The monoisotopic (exact) mass is 412 g/mol. The molecule has 1 fully saturated rings. The quantitative estimate of drug-likeness (QED) is 0.344. The number of fused-ring (bicyclic) bond motifs is 1. The molecule has 1 aromatic heterocycles. The maximum Gasteiger partial charge on any atom is 0.316 e. The number of carbonyl (C=O) groups is 1. The van der Waals surface area contributed by atoms with Gasteiger partial charge < -0.3 is 10.1 Å². The van der Waals surface area contributed by atoms with E-state index in [4.69, 9.17) is 4.74 Å². The van der Waals surface area contributed by atoms with E-state index in [2.05, 4.69) is 10.3 Å². The van der Waals surface area contributed by atoms with E-state index in [-0.39, 0.29) is 16.6 Å². The normalized spacial score (nSPS) is 24.5. The molecule has 0 radical (unpaired) electrons. The molecule has 1 aliphatic rings. The van der Waals surface area contributed by atoms with Crippen molar-refractivity contribution in [2.45, 2.75) is 45.0 Å². The van der Waals surface area contributed by atoms with Crippen molar-refractivity contribution >= 4 is 28.2 Å². The van der Waals surface area contributed by atoms with E-state index in [1.807, 2.05) is 5.32 Å². The first-order valence-electron chi connectivity index (χ1n) is 8.74. The molecule has 0 spiro atoms. The zero-order valence-electron chi connectivity index (χ0n) is 15.8. The molecule has 0 saturated carbocycles. The lowest BCUT2D eigenvalue weighted by molar-refractivity contribution is -0.384. The van der Waals surface area contributed by atoms with Gasteiger partial charge in [0, 0.05) is 5.39 Å². The van der Waals surface area contributed by atoms with Crippen LogP contribution in [0.2, 0.25) is 0 Å². The average molecular weight is 412 g/mol. The molecule has 4 atom stereocenters. The van der Waals surface area contributed by atoms with Crippen molar-refractivity contribution in [3.05, 3.63) is 40.3 Å². The number of anilines is 1. The highest BCUT2D eigenvalue weighted by molar-refractivity contribution is 5.96. The summed E-state index contributed by atoms with van der Waals surface area (Å²) >= 11 is 0. The fraction of sp³-hybridized carbons (Fsp3) is 0.444. The van der Waals surface area contributed by atoms with Crippen LogP contribution >= 0.6 is 0 Å². The van der Waals surface area contributed by atoms with E-state index in [1.165, 1.54) is 6.07 Å². The number of halogens is 3. The molecule has 2 N–H and O–H groups in total. The molecule has 0 bridgehead atoms. The van der Waals surface area contributed by atoms with Crippen LogP contribution in [0.25, 0.3) is 10.9 Å². The van der Waals surface area contributed by atoms with E-state index in [1.54, 1.807) is 20.8 Å². The molecule has 4 unspecified atom stereocenters. The number of nitrogens with one attached hydrogen (secondary N) is 2. The molecule has 8 nitrogen and oxygen atoms in total. The number of pyridine rings is 1. The first-order chi connectivity index (χ1) is 13.5. The van der Waals surface area contributed by atoms with E-state index < -0.39 is 52.5 Å². The number of aromatic nitrogens is 1. The van der Waals surface area contributed by atoms with Crippen LogP contribution in [-0.4, -0.2) is 40.1 Å². The second kappa shape index (κ2) is 7.47. The van der Waals surface area contributed by atoms with E-state index >= 15 is 0 Å². The molecule has 29 heavy (non-hydrogen) atoms. The van der Waals surface area contributed by atoms with Crippen molar-refractivity contribution in [1.29, 1.82) is 0 Å². The smallest absolute Gasteiger partial charge is 0.316 e. The number of hydrogen-bond donors (Lipinski definition) is 2. The highest BCUT2D eigenvalue weighted by atomic mass is 19.2. The van der Waals surface area contributed by atoms with Crippen LogP contribution < -0.4 is 10.6 Å². The van der Waals surface area contributed by atoms with Gasteiger partial charge in [0.1, 0.15) is 29.2 Å². The van der Waals surface area contributed by atoms with E-state index in [9.17, 15) is 28.1 Å². The third-order valence-corrected chi connectivity index (χ3v) is 4.33. The van der Waals surface area contributed by atoms with Crippen LogP contribution in [0.3, 0.4) is 0 Å². The van der Waals surface area contributed by atoms with Gasteiger partial charge in [0.2, 0.25) is 0 Å². The zero-order valence-corrected chi connectivity index (χ0v) is 15.8. The topological polar surface area (TPSA) is 106 Å². The number of ether oxygens (including phenoxy) is 1. The molecule has 2 heterocycles. The summed E-state index contributed by atoms with van der Waals surface area (Å²) in [5.41, 5.74) is -1.59. The number of esters is 1. The summed E-state index contributed by atoms with van der Waals surface area (Å²) < 4.78 is 47.8. The van der Waals surface area contributed by atoms with Crippen LogP contribution in [0.1, 0.15) is 20.8 Å². The summed E-state index contributed by atoms with van der Waals surface area (Å²) in [6.07, 6.45) is -3.21. The predicted molar refractivity (Wildman–Crippen MR) is 98.0 cm³/mol. The maximum atomic E-state index is 14.5. The third-order valence-electron chi connectivity index (χ3n) is 4.33. The van der Waals surface area contributed by atoms with Crippen molar-refractivity contribution in [2.24, 2.45) is 5.92 Å². The van der Waals surface area contributed by atoms with Gasteiger partial charge in [-0.15, -0.1) is 0 Å². The molecular formula is C18H19F3N4O4. The molecular weight excluding hydrogens is 393 g/mol. The fourth-order valence-electron chi connectivity index (χ4n) is 3.13. The van der Waals surface area contributed by atoms with Crippen LogP contribution in [0.4, 0.5) is 24.5 Å². The van der Waals surface area contributed by atoms with Crippen LogP contribution in [0.5, 0.6) is 0 Å². The summed E-state index contributed by atoms with van der Waals surface area (Å²) in [7, 11) is 0. The minimum absolute atomic E-state index is 0.00310. The highest BCUT2D eigenvalue weighted by Crippen LogP contribution is 2.36. The minimum Gasteiger partial charge on any atom is -0.460 e. The standard InChI is InChI=1S/C18H19F3N4O4/c1-18(2,3)29-17(26)12-14(16(21)24-15(12)20)23-13-9-6-8(19)4-5-10(9)22-7-11(13)25(27)28/h4-7,12,14-16,24H,1-3H3,(H,22,23). The predicted octanol–water partition coefficient (Wildman–Crippen LogP) is 3.21. The Morgan fingerprint density at radius 1 is 1.31 bits per heavy atom. The van der Waals surface area contributed by atoms with Crippen LogP contribution in [-0.2, 0) is 9.53 Å². The van der Waals surface area contributed by atoms with Gasteiger partial charge in [-0.2, -0.15) is 0 Å². The lowest BCUT2D eigenvalue weighted by Gasteiger charge is -2.26. The number of alkyl halides is 2. The SMILES string of the molecule is CC(C)(C)OC(=O)C1C(F)NC(F)C1Nc1c([N+](=O)[O-])cnc2ccc(F)cc12. The van der Waals surface area contributed by atoms with Crippen molar-refractivity contribution in [2.75, 3.05) is 5.32 Å². The Morgan fingerprint density at radius 2 is 2.00 bits per heavy atom. The molecule has 1 aliphatic heterocycles. The Labute approximate surface area is 163 Å². The molecule has 2 aromatic rings. The Balaban J connectivity index is 2.05.